The second-order valence-corrected chi connectivity index (χ2v) is 5.13. The van der Waals surface area contributed by atoms with Gasteiger partial charge in [-0.25, -0.2) is 4.98 Å². The van der Waals surface area contributed by atoms with Gasteiger partial charge in [0, 0.05) is 17.5 Å². The number of aromatic nitrogens is 2. The van der Waals surface area contributed by atoms with Crippen molar-refractivity contribution in [3.05, 3.63) is 41.3 Å². The van der Waals surface area contributed by atoms with Crippen LogP contribution in [0, 0.1) is 0 Å². The van der Waals surface area contributed by atoms with Crippen LogP contribution in [0.1, 0.15) is 34.9 Å². The van der Waals surface area contributed by atoms with Crippen molar-refractivity contribution in [1.82, 2.24) is 9.55 Å². The standard InChI is InChI=1S/C15H13F3N2O2/c1-2-10-19-11-8-5-3-4-6-9(8)13(21)14(22)12(11)20(10)7-15(16,17)18/h3-6,14,22H,2,7H2,1H3. The van der Waals surface area contributed by atoms with Crippen LogP contribution in [0.3, 0.4) is 0 Å². The van der Waals surface area contributed by atoms with Gasteiger partial charge in [-0.2, -0.15) is 13.2 Å². The Morgan fingerprint density at radius 2 is 1.91 bits per heavy atom. The van der Waals surface area contributed by atoms with Crippen LogP contribution in [-0.4, -0.2) is 26.6 Å². The molecule has 116 valence electrons. The van der Waals surface area contributed by atoms with Crippen LogP contribution < -0.4 is 0 Å². The highest BCUT2D eigenvalue weighted by atomic mass is 19.4. The molecule has 1 aliphatic carbocycles. The van der Waals surface area contributed by atoms with Crippen LogP contribution in [0.2, 0.25) is 0 Å². The molecule has 1 aromatic carbocycles. The third kappa shape index (κ3) is 2.21. The highest BCUT2D eigenvalue weighted by Crippen LogP contribution is 2.39. The van der Waals surface area contributed by atoms with Gasteiger partial charge in [-0.05, 0) is 0 Å². The quantitative estimate of drug-likeness (QED) is 0.928. The number of halogens is 3. The molecule has 0 fully saturated rings. The molecule has 1 atom stereocenters. The summed E-state index contributed by atoms with van der Waals surface area (Å²) < 4.78 is 39.3. The molecule has 0 amide bonds. The summed E-state index contributed by atoms with van der Waals surface area (Å²) in [6, 6.07) is 6.49. The summed E-state index contributed by atoms with van der Waals surface area (Å²) in [6.45, 7) is 0.409. The molecule has 0 saturated heterocycles. The van der Waals surface area contributed by atoms with Crippen molar-refractivity contribution in [2.24, 2.45) is 0 Å². The molecule has 0 bridgehead atoms. The third-order valence-electron chi connectivity index (χ3n) is 3.69. The van der Waals surface area contributed by atoms with E-state index in [-0.39, 0.29) is 29.2 Å². The Morgan fingerprint density at radius 1 is 1.27 bits per heavy atom. The summed E-state index contributed by atoms with van der Waals surface area (Å²) in [6.07, 6.45) is -5.82. The average Bonchev–Trinajstić information content (AvgIpc) is 2.81. The molecule has 1 heterocycles. The van der Waals surface area contributed by atoms with Gasteiger partial charge in [0.15, 0.2) is 11.9 Å². The van der Waals surface area contributed by atoms with E-state index in [0.717, 1.165) is 4.57 Å². The van der Waals surface area contributed by atoms with Crippen LogP contribution in [0.4, 0.5) is 13.2 Å². The van der Waals surface area contributed by atoms with Crippen molar-refractivity contribution < 1.29 is 23.1 Å². The van der Waals surface area contributed by atoms with Crippen molar-refractivity contribution in [1.29, 1.82) is 0 Å². The highest BCUT2D eigenvalue weighted by Gasteiger charge is 2.39. The lowest BCUT2D eigenvalue weighted by Crippen LogP contribution is -2.26. The first-order valence-electron chi connectivity index (χ1n) is 6.81. The van der Waals surface area contributed by atoms with E-state index in [0.29, 0.717) is 5.56 Å². The molecule has 22 heavy (non-hydrogen) atoms. The first-order valence-corrected chi connectivity index (χ1v) is 6.81. The lowest BCUT2D eigenvalue weighted by atomic mass is 9.89. The number of carbonyl (C=O) groups excluding carboxylic acids is 1. The minimum atomic E-state index is -4.46. The molecule has 0 aliphatic heterocycles. The number of alkyl halides is 3. The Morgan fingerprint density at radius 3 is 2.50 bits per heavy atom. The van der Waals surface area contributed by atoms with Crippen LogP contribution >= 0.6 is 0 Å². The lowest BCUT2D eigenvalue weighted by Gasteiger charge is -2.22. The molecule has 2 aromatic rings. The molecule has 7 heteroatoms. The number of nitrogens with zero attached hydrogens (tertiary/aromatic N) is 2. The molecule has 0 saturated carbocycles. The summed E-state index contributed by atoms with van der Waals surface area (Å²) in [5, 5.41) is 10.2. The fraction of sp³-hybridized carbons (Fsp3) is 0.333. The summed E-state index contributed by atoms with van der Waals surface area (Å²) in [5.41, 5.74) is 0.923. The smallest absolute Gasteiger partial charge is 0.379 e. The van der Waals surface area contributed by atoms with Gasteiger partial charge in [-0.15, -0.1) is 0 Å². The number of Topliss-reactive ketones (excluding diaryl/α,β-unsaturated/α-hetero) is 1. The van der Waals surface area contributed by atoms with E-state index in [1.165, 1.54) is 6.07 Å². The van der Waals surface area contributed by atoms with E-state index in [2.05, 4.69) is 4.98 Å². The summed E-state index contributed by atoms with van der Waals surface area (Å²) in [4.78, 5) is 16.5. The van der Waals surface area contributed by atoms with Gasteiger partial charge >= 0.3 is 6.18 Å². The zero-order valence-corrected chi connectivity index (χ0v) is 11.7. The predicted molar refractivity (Wildman–Crippen MR) is 72.4 cm³/mol. The minimum absolute atomic E-state index is 0.0714. The van der Waals surface area contributed by atoms with Crippen LogP contribution in [0.5, 0.6) is 0 Å². The predicted octanol–water partition coefficient (Wildman–Crippen LogP) is 2.90. The maximum Gasteiger partial charge on any atom is 0.406 e. The Hall–Kier alpha value is -2.15. The van der Waals surface area contributed by atoms with E-state index < -0.39 is 24.6 Å². The van der Waals surface area contributed by atoms with Gasteiger partial charge in [0.1, 0.15) is 12.4 Å². The molecule has 1 aliphatic rings. The zero-order valence-electron chi connectivity index (χ0n) is 11.7. The number of benzene rings is 1. The van der Waals surface area contributed by atoms with Gasteiger partial charge in [-0.1, -0.05) is 31.2 Å². The number of aryl methyl sites for hydroxylation is 1. The molecule has 1 N–H and O–H groups in total. The van der Waals surface area contributed by atoms with Crippen molar-refractivity contribution in [3.8, 4) is 11.3 Å². The zero-order chi connectivity index (χ0) is 16.1. The molecule has 4 nitrogen and oxygen atoms in total. The van der Waals surface area contributed by atoms with Crippen molar-refractivity contribution in [3.63, 3.8) is 0 Å². The first kappa shape index (κ1) is 14.8. The SMILES string of the molecule is CCc1nc2c(n1CC(F)(F)F)C(O)C(=O)c1ccccc1-2. The topological polar surface area (TPSA) is 55.1 Å². The van der Waals surface area contributed by atoms with Crippen molar-refractivity contribution >= 4 is 5.78 Å². The number of imidazole rings is 1. The van der Waals surface area contributed by atoms with E-state index in [1.807, 2.05) is 0 Å². The molecule has 0 spiro atoms. The highest BCUT2D eigenvalue weighted by molar-refractivity contribution is 6.08. The minimum Gasteiger partial charge on any atom is -0.379 e. The lowest BCUT2D eigenvalue weighted by molar-refractivity contribution is -0.141. The van der Waals surface area contributed by atoms with E-state index in [9.17, 15) is 23.1 Å². The summed E-state index contributed by atoms with van der Waals surface area (Å²) in [5.74, 6) is -0.403. The fourth-order valence-electron chi connectivity index (χ4n) is 2.79. The molecule has 1 aromatic heterocycles. The number of fused-ring (bicyclic) bond motifs is 3. The Labute approximate surface area is 124 Å². The van der Waals surface area contributed by atoms with Crippen molar-refractivity contribution in [2.75, 3.05) is 0 Å². The first-order chi connectivity index (χ1) is 10.3. The summed E-state index contributed by atoms with van der Waals surface area (Å²) >= 11 is 0. The number of carbonyl (C=O) groups is 1. The van der Waals surface area contributed by atoms with Gasteiger partial charge in [0.25, 0.3) is 0 Å². The number of rotatable bonds is 2. The van der Waals surface area contributed by atoms with Gasteiger partial charge < -0.3 is 9.67 Å². The number of aliphatic hydroxyl groups excluding tert-OH is 1. The Balaban J connectivity index is 2.26. The second kappa shape index (κ2) is 4.95. The monoisotopic (exact) mass is 310 g/mol. The second-order valence-electron chi connectivity index (χ2n) is 5.13. The fourth-order valence-corrected chi connectivity index (χ4v) is 2.79. The number of hydrogen-bond donors (Lipinski definition) is 1. The average molecular weight is 310 g/mol. The number of hydrogen-bond acceptors (Lipinski definition) is 3. The molecule has 3 rings (SSSR count). The maximum atomic E-state index is 12.8. The van der Waals surface area contributed by atoms with Gasteiger partial charge in [-0.3, -0.25) is 4.79 Å². The van der Waals surface area contributed by atoms with Gasteiger partial charge in [0.2, 0.25) is 0 Å². The van der Waals surface area contributed by atoms with Crippen LogP contribution in [-0.2, 0) is 13.0 Å². The molecular formula is C15H13F3N2O2. The van der Waals surface area contributed by atoms with Crippen molar-refractivity contribution in [2.45, 2.75) is 32.2 Å². The van der Waals surface area contributed by atoms with Crippen LogP contribution in [0.25, 0.3) is 11.3 Å². The van der Waals surface area contributed by atoms with E-state index in [4.69, 9.17) is 0 Å². The largest absolute Gasteiger partial charge is 0.406 e. The Bertz CT molecular complexity index is 750. The molecular weight excluding hydrogens is 297 g/mol. The summed E-state index contributed by atoms with van der Waals surface area (Å²) in [7, 11) is 0. The van der Waals surface area contributed by atoms with Gasteiger partial charge in [0.05, 0.1) is 11.4 Å². The number of ketones is 1. The van der Waals surface area contributed by atoms with Crippen LogP contribution in [0.15, 0.2) is 24.3 Å². The third-order valence-corrected chi connectivity index (χ3v) is 3.69. The Kier molecular flexibility index (Phi) is 3.32. The normalized spacial score (nSPS) is 17.3. The maximum absolute atomic E-state index is 12.8. The molecule has 1 unspecified atom stereocenters. The number of aliphatic hydroxyl groups is 1. The van der Waals surface area contributed by atoms with E-state index in [1.54, 1.807) is 25.1 Å². The molecule has 0 radical (unpaired) electrons. The van der Waals surface area contributed by atoms with E-state index >= 15 is 0 Å².